The zero-order chi connectivity index (χ0) is 21.7. The van der Waals surface area contributed by atoms with Crippen LogP contribution in [0.25, 0.3) is 0 Å². The maximum Gasteiger partial charge on any atom is 0.238 e. The smallest absolute Gasteiger partial charge is 0.238 e. The van der Waals surface area contributed by atoms with Gasteiger partial charge in [-0.05, 0) is 56.2 Å². The first-order chi connectivity index (χ1) is 13.6. The van der Waals surface area contributed by atoms with Crippen LogP contribution in [0.3, 0.4) is 0 Å². The maximum absolute atomic E-state index is 12.1. The second-order valence-electron chi connectivity index (χ2n) is 6.30. The van der Waals surface area contributed by atoms with Gasteiger partial charge in [-0.1, -0.05) is 6.07 Å². The quantitative estimate of drug-likeness (QED) is 0.578. The Morgan fingerprint density at radius 1 is 0.931 bits per heavy atom. The second-order valence-corrected chi connectivity index (χ2v) is 9.84. The van der Waals surface area contributed by atoms with Crippen molar-refractivity contribution in [2.75, 3.05) is 31.3 Å². The van der Waals surface area contributed by atoms with Crippen molar-refractivity contribution in [2.45, 2.75) is 30.1 Å². The molecule has 160 valence electrons. The molecule has 8 nitrogen and oxygen atoms in total. The lowest BCUT2D eigenvalue weighted by Crippen LogP contribution is -2.15. The molecule has 29 heavy (non-hydrogen) atoms. The summed E-state index contributed by atoms with van der Waals surface area (Å²) in [6.07, 6.45) is 1.61. The monoisotopic (exact) mass is 442 g/mol. The second kappa shape index (κ2) is 9.47. The highest BCUT2D eigenvalue weighted by molar-refractivity contribution is 7.91. The van der Waals surface area contributed by atoms with Gasteiger partial charge in [0.25, 0.3) is 0 Å². The van der Waals surface area contributed by atoms with E-state index in [1.807, 2.05) is 32.0 Å². The molecule has 0 fully saturated rings. The van der Waals surface area contributed by atoms with Gasteiger partial charge in [0.15, 0.2) is 21.3 Å². The minimum Gasteiger partial charge on any atom is -0.490 e. The summed E-state index contributed by atoms with van der Waals surface area (Å²) in [5.41, 5.74) is 1.29. The van der Waals surface area contributed by atoms with Gasteiger partial charge in [-0.15, -0.1) is 0 Å². The molecule has 0 bridgehead atoms. The van der Waals surface area contributed by atoms with Crippen molar-refractivity contribution in [2.24, 2.45) is 5.14 Å². The summed E-state index contributed by atoms with van der Waals surface area (Å²) in [5, 5.41) is 8.15. The molecule has 0 spiro atoms. The fraction of sp³-hybridized carbons (Fsp3) is 0.368. The standard InChI is InChI=1S/C19H26N2O6S2/c1-4-26-17-9-6-14(12-18(17)27-5-2)10-11-21-16-8-7-15(29(20,24)25)13-19(16)28(3,22)23/h6-9,12-13,21H,4-5,10-11H2,1-3H3,(H2,20,24,25). The van der Waals surface area contributed by atoms with E-state index in [1.165, 1.54) is 12.1 Å². The highest BCUT2D eigenvalue weighted by Crippen LogP contribution is 2.29. The number of anilines is 1. The molecular weight excluding hydrogens is 416 g/mol. The first-order valence-corrected chi connectivity index (χ1v) is 12.5. The van der Waals surface area contributed by atoms with Gasteiger partial charge in [0.1, 0.15) is 0 Å². The molecule has 2 rings (SSSR count). The van der Waals surface area contributed by atoms with Gasteiger partial charge < -0.3 is 14.8 Å². The van der Waals surface area contributed by atoms with Crippen LogP contribution < -0.4 is 19.9 Å². The van der Waals surface area contributed by atoms with Crippen molar-refractivity contribution in [3.05, 3.63) is 42.0 Å². The van der Waals surface area contributed by atoms with Crippen LogP contribution in [-0.4, -0.2) is 42.8 Å². The summed E-state index contributed by atoms with van der Waals surface area (Å²) in [7, 11) is -7.66. The van der Waals surface area contributed by atoms with Crippen LogP contribution in [0.1, 0.15) is 19.4 Å². The van der Waals surface area contributed by atoms with E-state index in [-0.39, 0.29) is 9.79 Å². The van der Waals surface area contributed by atoms with Crippen LogP contribution in [0.5, 0.6) is 11.5 Å². The number of ether oxygens (including phenoxy) is 2. The number of benzene rings is 2. The Kier molecular flexibility index (Phi) is 7.50. The van der Waals surface area contributed by atoms with E-state index in [0.29, 0.717) is 43.4 Å². The Bertz CT molecular complexity index is 1070. The molecule has 0 aliphatic rings. The molecule has 0 amide bonds. The van der Waals surface area contributed by atoms with Gasteiger partial charge in [-0.3, -0.25) is 0 Å². The molecule has 0 atom stereocenters. The summed E-state index contributed by atoms with van der Waals surface area (Å²) in [4.78, 5) is -0.373. The Hall–Kier alpha value is -2.30. The summed E-state index contributed by atoms with van der Waals surface area (Å²) < 4.78 is 58.3. The molecule has 3 N–H and O–H groups in total. The fourth-order valence-corrected chi connectivity index (χ4v) is 4.22. The lowest BCUT2D eigenvalue weighted by Gasteiger charge is -2.14. The van der Waals surface area contributed by atoms with E-state index in [4.69, 9.17) is 14.6 Å². The number of sulfonamides is 1. The number of primary sulfonamides is 1. The Morgan fingerprint density at radius 2 is 1.59 bits per heavy atom. The van der Waals surface area contributed by atoms with Gasteiger partial charge in [0, 0.05) is 12.8 Å². The molecule has 10 heteroatoms. The summed E-state index contributed by atoms with van der Waals surface area (Å²) in [6, 6.07) is 9.38. The average molecular weight is 443 g/mol. The summed E-state index contributed by atoms with van der Waals surface area (Å²) in [5.74, 6) is 1.32. The number of hydrogen-bond donors (Lipinski definition) is 2. The highest BCUT2D eigenvalue weighted by Gasteiger charge is 2.18. The molecule has 0 aliphatic carbocycles. The van der Waals surface area contributed by atoms with Crippen LogP contribution in [0.4, 0.5) is 5.69 Å². The lowest BCUT2D eigenvalue weighted by molar-refractivity contribution is 0.287. The average Bonchev–Trinajstić information content (AvgIpc) is 2.62. The molecular formula is C19H26N2O6S2. The highest BCUT2D eigenvalue weighted by atomic mass is 32.2. The molecule has 0 unspecified atom stereocenters. The fourth-order valence-electron chi connectivity index (χ4n) is 2.72. The van der Waals surface area contributed by atoms with E-state index in [2.05, 4.69) is 5.32 Å². The first-order valence-electron chi connectivity index (χ1n) is 9.05. The number of rotatable bonds is 10. The van der Waals surface area contributed by atoms with E-state index in [1.54, 1.807) is 0 Å². The van der Waals surface area contributed by atoms with Crippen LogP contribution in [0.15, 0.2) is 46.2 Å². The van der Waals surface area contributed by atoms with Crippen molar-refractivity contribution in [1.82, 2.24) is 0 Å². The summed E-state index contributed by atoms with van der Waals surface area (Å²) in [6.45, 7) is 5.26. The minimum absolute atomic E-state index is 0.120. The molecule has 0 radical (unpaired) electrons. The van der Waals surface area contributed by atoms with Crippen molar-refractivity contribution in [1.29, 1.82) is 0 Å². The van der Waals surface area contributed by atoms with Crippen molar-refractivity contribution in [3.63, 3.8) is 0 Å². The molecule has 0 aromatic heterocycles. The largest absolute Gasteiger partial charge is 0.490 e. The molecule has 0 saturated carbocycles. The normalized spacial score (nSPS) is 11.9. The molecule has 0 aliphatic heterocycles. The molecule has 2 aromatic carbocycles. The third-order valence-electron chi connectivity index (χ3n) is 4.02. The van der Waals surface area contributed by atoms with Gasteiger partial charge in [-0.2, -0.15) is 0 Å². The topological polar surface area (TPSA) is 125 Å². The van der Waals surface area contributed by atoms with Gasteiger partial charge in [0.2, 0.25) is 10.0 Å². The van der Waals surface area contributed by atoms with Crippen molar-refractivity contribution in [3.8, 4) is 11.5 Å². The molecule has 0 saturated heterocycles. The van der Waals surface area contributed by atoms with Crippen molar-refractivity contribution >= 4 is 25.5 Å². The minimum atomic E-state index is -4.00. The molecule has 2 aromatic rings. The predicted octanol–water partition coefficient (Wildman–Crippen LogP) is 2.19. The van der Waals surface area contributed by atoms with Gasteiger partial charge in [0.05, 0.1) is 28.7 Å². The van der Waals surface area contributed by atoms with Crippen LogP contribution in [-0.2, 0) is 26.3 Å². The SMILES string of the molecule is CCOc1ccc(CCNc2ccc(S(N)(=O)=O)cc2S(C)(=O)=O)cc1OCC. The van der Waals surface area contributed by atoms with E-state index in [0.717, 1.165) is 17.9 Å². The number of sulfone groups is 1. The van der Waals surface area contributed by atoms with E-state index in [9.17, 15) is 16.8 Å². The molecule has 0 heterocycles. The zero-order valence-corrected chi connectivity index (χ0v) is 18.3. The number of nitrogens with two attached hydrogens (primary N) is 1. The Morgan fingerprint density at radius 3 is 2.17 bits per heavy atom. The third-order valence-corrected chi connectivity index (χ3v) is 6.07. The van der Waals surface area contributed by atoms with Gasteiger partial charge in [-0.25, -0.2) is 22.0 Å². The van der Waals surface area contributed by atoms with Gasteiger partial charge >= 0.3 is 0 Å². The van der Waals surface area contributed by atoms with Crippen LogP contribution in [0, 0.1) is 0 Å². The number of nitrogens with one attached hydrogen (secondary N) is 1. The third kappa shape index (κ3) is 6.34. The lowest BCUT2D eigenvalue weighted by atomic mass is 10.1. The van der Waals surface area contributed by atoms with Crippen LogP contribution in [0.2, 0.25) is 0 Å². The zero-order valence-electron chi connectivity index (χ0n) is 16.6. The van der Waals surface area contributed by atoms with Crippen molar-refractivity contribution < 1.29 is 26.3 Å². The Balaban J connectivity index is 2.19. The predicted molar refractivity (Wildman–Crippen MR) is 112 cm³/mol. The number of hydrogen-bond acceptors (Lipinski definition) is 7. The Labute approximate surface area is 172 Å². The maximum atomic E-state index is 12.1. The van der Waals surface area contributed by atoms with E-state index < -0.39 is 19.9 Å². The van der Waals surface area contributed by atoms with Crippen LogP contribution >= 0.6 is 0 Å². The first kappa shape index (κ1) is 23.0. The summed E-state index contributed by atoms with van der Waals surface area (Å²) >= 11 is 0. The van der Waals surface area contributed by atoms with E-state index >= 15 is 0 Å².